The number of carbonyl (C=O) groups excluding carboxylic acids is 1. The van der Waals surface area contributed by atoms with E-state index in [1.807, 2.05) is 36.4 Å². The Morgan fingerprint density at radius 2 is 2.08 bits per heavy atom. The molecule has 0 saturated carbocycles. The average molecular weight is 333 g/mol. The standard InChI is InChI=1S/C17H11N5OS/c23-16-14(24-17(22-16)21-15-5-7-18-10-20-15)9-11-3-4-13-12(8-11)2-1-6-19-13/h1-10H,(H,18,20,21,22,23)/b14-9+. The molecule has 4 rings (SSSR count). The summed E-state index contributed by atoms with van der Waals surface area (Å²) >= 11 is 1.29. The molecule has 0 unspecified atom stereocenters. The first-order valence-corrected chi connectivity index (χ1v) is 8.00. The Bertz CT molecular complexity index is 984. The molecule has 7 heteroatoms. The average Bonchev–Trinajstić information content (AvgIpc) is 2.95. The Labute approximate surface area is 141 Å². The summed E-state index contributed by atoms with van der Waals surface area (Å²) in [4.78, 5) is 29.2. The summed E-state index contributed by atoms with van der Waals surface area (Å²) in [6.07, 6.45) is 6.62. The van der Waals surface area contributed by atoms with Gasteiger partial charge in [-0.25, -0.2) is 15.0 Å². The highest BCUT2D eigenvalue weighted by Gasteiger charge is 2.23. The number of aliphatic imine (C=N–C) groups is 1. The summed E-state index contributed by atoms with van der Waals surface area (Å²) in [5.74, 6) is 0.338. The Balaban J connectivity index is 1.62. The van der Waals surface area contributed by atoms with Crippen LogP contribution in [-0.4, -0.2) is 26.0 Å². The number of thioether (sulfide) groups is 1. The Kier molecular flexibility index (Phi) is 3.76. The van der Waals surface area contributed by atoms with Gasteiger partial charge in [0, 0.05) is 23.8 Å². The van der Waals surface area contributed by atoms with Crippen LogP contribution in [0.25, 0.3) is 17.0 Å². The van der Waals surface area contributed by atoms with Crippen molar-refractivity contribution in [3.8, 4) is 0 Å². The Morgan fingerprint density at radius 1 is 1.12 bits per heavy atom. The van der Waals surface area contributed by atoms with E-state index in [0.717, 1.165) is 16.5 Å². The van der Waals surface area contributed by atoms with Gasteiger partial charge in [-0.2, -0.15) is 0 Å². The van der Waals surface area contributed by atoms with Gasteiger partial charge in [-0.05, 0) is 41.6 Å². The van der Waals surface area contributed by atoms with Crippen molar-refractivity contribution in [3.05, 3.63) is 65.6 Å². The van der Waals surface area contributed by atoms with E-state index in [4.69, 9.17) is 0 Å². The molecule has 0 bridgehead atoms. The van der Waals surface area contributed by atoms with Crippen molar-refractivity contribution in [2.75, 3.05) is 0 Å². The number of hydrogen-bond acceptors (Lipinski definition) is 6. The van der Waals surface area contributed by atoms with Crippen molar-refractivity contribution >= 4 is 45.6 Å². The molecule has 1 amide bonds. The van der Waals surface area contributed by atoms with Gasteiger partial charge in [0.25, 0.3) is 5.91 Å². The van der Waals surface area contributed by atoms with Gasteiger partial charge in [0.05, 0.1) is 10.4 Å². The maximum absolute atomic E-state index is 12.1. The molecule has 3 aromatic rings. The Morgan fingerprint density at radius 3 is 2.96 bits per heavy atom. The van der Waals surface area contributed by atoms with Crippen molar-refractivity contribution in [2.45, 2.75) is 0 Å². The number of nitrogens with one attached hydrogen (secondary N) is 1. The minimum Gasteiger partial charge on any atom is -0.300 e. The monoisotopic (exact) mass is 333 g/mol. The molecular weight excluding hydrogens is 322 g/mol. The molecule has 116 valence electrons. The molecule has 3 heterocycles. The second-order valence-corrected chi connectivity index (χ2v) is 6.04. The van der Waals surface area contributed by atoms with Gasteiger partial charge in [0.15, 0.2) is 11.0 Å². The van der Waals surface area contributed by atoms with E-state index < -0.39 is 0 Å². The molecule has 1 aliphatic heterocycles. The number of benzene rings is 1. The van der Waals surface area contributed by atoms with Gasteiger partial charge in [0.2, 0.25) is 0 Å². The summed E-state index contributed by atoms with van der Waals surface area (Å²) in [7, 11) is 0. The summed E-state index contributed by atoms with van der Waals surface area (Å²) < 4.78 is 0. The van der Waals surface area contributed by atoms with E-state index in [-0.39, 0.29) is 5.91 Å². The molecule has 0 spiro atoms. The van der Waals surface area contributed by atoms with Crippen LogP contribution in [0.2, 0.25) is 0 Å². The molecule has 1 aromatic carbocycles. The molecule has 1 aliphatic rings. The number of carbonyl (C=O) groups is 1. The van der Waals surface area contributed by atoms with E-state index >= 15 is 0 Å². The van der Waals surface area contributed by atoms with E-state index in [9.17, 15) is 4.79 Å². The summed E-state index contributed by atoms with van der Waals surface area (Å²) in [6.45, 7) is 0. The Hall–Kier alpha value is -3.06. The van der Waals surface area contributed by atoms with Crippen LogP contribution in [0.1, 0.15) is 5.56 Å². The van der Waals surface area contributed by atoms with E-state index in [1.54, 1.807) is 18.5 Å². The summed E-state index contributed by atoms with van der Waals surface area (Å²) in [5, 5.41) is 4.28. The van der Waals surface area contributed by atoms with Crippen molar-refractivity contribution in [1.82, 2.24) is 20.3 Å². The van der Waals surface area contributed by atoms with Crippen molar-refractivity contribution in [3.63, 3.8) is 0 Å². The topological polar surface area (TPSA) is 80.1 Å². The van der Waals surface area contributed by atoms with E-state index in [0.29, 0.717) is 15.9 Å². The largest absolute Gasteiger partial charge is 0.300 e. The van der Waals surface area contributed by atoms with Crippen LogP contribution in [0.4, 0.5) is 5.82 Å². The summed E-state index contributed by atoms with van der Waals surface area (Å²) in [6, 6.07) is 11.4. The first-order chi connectivity index (χ1) is 11.8. The highest BCUT2D eigenvalue weighted by atomic mass is 32.2. The number of hydrogen-bond donors (Lipinski definition) is 1. The second kappa shape index (κ2) is 6.21. The van der Waals surface area contributed by atoms with Crippen LogP contribution >= 0.6 is 11.8 Å². The lowest BCUT2D eigenvalue weighted by atomic mass is 10.1. The maximum atomic E-state index is 12.1. The number of fused-ring (bicyclic) bond motifs is 1. The minimum absolute atomic E-state index is 0.168. The van der Waals surface area contributed by atoms with E-state index in [2.05, 4.69) is 25.3 Å². The van der Waals surface area contributed by atoms with Gasteiger partial charge < -0.3 is 5.32 Å². The van der Waals surface area contributed by atoms with Gasteiger partial charge in [-0.15, -0.1) is 0 Å². The van der Waals surface area contributed by atoms with Crippen molar-refractivity contribution < 1.29 is 4.79 Å². The highest BCUT2D eigenvalue weighted by Crippen LogP contribution is 2.28. The number of aromatic nitrogens is 3. The zero-order valence-electron chi connectivity index (χ0n) is 12.4. The predicted octanol–water partition coefficient (Wildman–Crippen LogP) is 2.92. The SMILES string of the molecule is O=C1NC(=Nc2ccncn2)S/C1=C/c1ccc2ncccc2c1. The molecule has 0 aliphatic carbocycles. The highest BCUT2D eigenvalue weighted by molar-refractivity contribution is 8.18. The first kappa shape index (κ1) is 14.5. The molecule has 24 heavy (non-hydrogen) atoms. The zero-order chi connectivity index (χ0) is 16.4. The third kappa shape index (κ3) is 3.02. The fourth-order valence-electron chi connectivity index (χ4n) is 2.27. The number of amides is 1. The van der Waals surface area contributed by atoms with Crippen LogP contribution < -0.4 is 5.32 Å². The number of rotatable bonds is 2. The summed E-state index contributed by atoms with van der Waals surface area (Å²) in [5.41, 5.74) is 1.87. The van der Waals surface area contributed by atoms with Crippen LogP contribution in [0.5, 0.6) is 0 Å². The lowest BCUT2D eigenvalue weighted by molar-refractivity contribution is -0.115. The molecule has 0 atom stereocenters. The van der Waals surface area contributed by atoms with Gasteiger partial charge in [-0.1, -0.05) is 12.1 Å². The first-order valence-electron chi connectivity index (χ1n) is 7.18. The van der Waals surface area contributed by atoms with Crippen molar-refractivity contribution in [2.24, 2.45) is 4.99 Å². The van der Waals surface area contributed by atoms with Gasteiger partial charge in [0.1, 0.15) is 6.33 Å². The van der Waals surface area contributed by atoms with E-state index in [1.165, 1.54) is 18.1 Å². The second-order valence-electron chi connectivity index (χ2n) is 5.00. The third-order valence-corrected chi connectivity index (χ3v) is 4.27. The molecule has 6 nitrogen and oxygen atoms in total. The smallest absolute Gasteiger partial charge is 0.264 e. The molecule has 1 saturated heterocycles. The van der Waals surface area contributed by atoms with Crippen LogP contribution in [0, 0.1) is 0 Å². The zero-order valence-corrected chi connectivity index (χ0v) is 13.2. The predicted molar refractivity (Wildman–Crippen MR) is 94.6 cm³/mol. The fraction of sp³-hybridized carbons (Fsp3) is 0. The van der Waals surface area contributed by atoms with Crippen molar-refractivity contribution in [1.29, 1.82) is 0 Å². The lowest BCUT2D eigenvalue weighted by Crippen LogP contribution is -2.19. The molecular formula is C17H11N5OS. The van der Waals surface area contributed by atoms with Crippen LogP contribution in [0.3, 0.4) is 0 Å². The number of amidine groups is 1. The number of pyridine rings is 1. The molecule has 0 radical (unpaired) electrons. The van der Waals surface area contributed by atoms with Gasteiger partial charge >= 0.3 is 0 Å². The lowest BCUT2D eigenvalue weighted by Gasteiger charge is -1.99. The van der Waals surface area contributed by atoms with Gasteiger partial charge in [-0.3, -0.25) is 9.78 Å². The quantitative estimate of drug-likeness (QED) is 0.729. The maximum Gasteiger partial charge on any atom is 0.264 e. The third-order valence-electron chi connectivity index (χ3n) is 3.36. The van der Waals surface area contributed by atoms with Crippen LogP contribution in [-0.2, 0) is 4.79 Å². The fourth-order valence-corrected chi connectivity index (χ4v) is 3.10. The minimum atomic E-state index is -0.168. The normalized spacial score (nSPS) is 17.6. The van der Waals surface area contributed by atoms with Crippen LogP contribution in [0.15, 0.2) is 65.0 Å². The number of nitrogens with zero attached hydrogens (tertiary/aromatic N) is 4. The molecule has 1 fully saturated rings. The molecule has 1 N–H and O–H groups in total. The molecule has 2 aromatic heterocycles.